The SMILES string of the molecule is OCc1cnc(SCc2ccc(Cl)c(Cl)c2)n1Cc1ccc2c(c1)OCO2. The zero-order valence-corrected chi connectivity index (χ0v) is 16.5. The molecule has 0 aliphatic carbocycles. The molecule has 0 fully saturated rings. The van der Waals surface area contributed by atoms with Gasteiger partial charge in [0.05, 0.1) is 35.1 Å². The first-order valence-corrected chi connectivity index (χ1v) is 9.98. The highest BCUT2D eigenvalue weighted by atomic mass is 35.5. The van der Waals surface area contributed by atoms with Gasteiger partial charge in [-0.15, -0.1) is 0 Å². The lowest BCUT2D eigenvalue weighted by molar-refractivity contribution is 0.174. The summed E-state index contributed by atoms with van der Waals surface area (Å²) >= 11 is 13.6. The zero-order chi connectivity index (χ0) is 18.8. The van der Waals surface area contributed by atoms with E-state index in [2.05, 4.69) is 4.98 Å². The van der Waals surface area contributed by atoms with Crippen LogP contribution in [0.4, 0.5) is 0 Å². The lowest BCUT2D eigenvalue weighted by Crippen LogP contribution is -2.06. The molecule has 4 rings (SSSR count). The average Bonchev–Trinajstić information content (AvgIpc) is 3.29. The Bertz CT molecular complexity index is 978. The summed E-state index contributed by atoms with van der Waals surface area (Å²) in [6.07, 6.45) is 1.70. The van der Waals surface area contributed by atoms with E-state index in [9.17, 15) is 5.11 Å². The predicted octanol–water partition coefficient (Wildman–Crippen LogP) is 4.75. The van der Waals surface area contributed by atoms with Gasteiger partial charge in [-0.05, 0) is 35.4 Å². The number of benzene rings is 2. The van der Waals surface area contributed by atoms with Crippen LogP contribution in [0.1, 0.15) is 16.8 Å². The summed E-state index contributed by atoms with van der Waals surface area (Å²) in [5.74, 6) is 2.18. The molecule has 0 radical (unpaired) electrons. The highest BCUT2D eigenvalue weighted by molar-refractivity contribution is 7.98. The largest absolute Gasteiger partial charge is 0.454 e. The first-order chi connectivity index (χ1) is 13.1. The second-order valence-electron chi connectivity index (χ2n) is 6.00. The van der Waals surface area contributed by atoms with Crippen LogP contribution in [0.25, 0.3) is 0 Å². The summed E-state index contributed by atoms with van der Waals surface area (Å²) in [6.45, 7) is 0.748. The van der Waals surface area contributed by atoms with Crippen molar-refractivity contribution in [1.29, 1.82) is 0 Å². The van der Waals surface area contributed by atoms with Gasteiger partial charge in [-0.1, -0.05) is 47.1 Å². The normalized spacial score (nSPS) is 12.6. The molecule has 3 aromatic rings. The molecule has 0 atom stereocenters. The summed E-state index contributed by atoms with van der Waals surface area (Å²) in [7, 11) is 0. The third-order valence-electron chi connectivity index (χ3n) is 4.19. The van der Waals surface area contributed by atoms with Gasteiger partial charge in [-0.25, -0.2) is 4.98 Å². The molecule has 2 aromatic carbocycles. The molecular weight excluding hydrogens is 407 g/mol. The maximum Gasteiger partial charge on any atom is 0.231 e. The van der Waals surface area contributed by atoms with Crippen LogP contribution in [-0.4, -0.2) is 21.5 Å². The third-order valence-corrected chi connectivity index (χ3v) is 5.99. The molecule has 140 valence electrons. The second kappa shape index (κ2) is 8.02. The van der Waals surface area contributed by atoms with Gasteiger partial charge in [0.1, 0.15) is 0 Å². The number of thioether (sulfide) groups is 1. The monoisotopic (exact) mass is 422 g/mol. The minimum Gasteiger partial charge on any atom is -0.454 e. The van der Waals surface area contributed by atoms with E-state index in [4.69, 9.17) is 32.7 Å². The number of halogens is 2. The van der Waals surface area contributed by atoms with E-state index in [1.807, 2.05) is 34.9 Å². The fourth-order valence-electron chi connectivity index (χ4n) is 2.80. The molecule has 5 nitrogen and oxygen atoms in total. The average molecular weight is 423 g/mol. The number of rotatable bonds is 6. The van der Waals surface area contributed by atoms with Crippen LogP contribution in [0.5, 0.6) is 11.5 Å². The van der Waals surface area contributed by atoms with E-state index in [-0.39, 0.29) is 13.4 Å². The minimum atomic E-state index is -0.0785. The van der Waals surface area contributed by atoms with Gasteiger partial charge in [0, 0.05) is 5.75 Å². The summed E-state index contributed by atoms with van der Waals surface area (Å²) < 4.78 is 12.8. The molecule has 0 unspecified atom stereocenters. The van der Waals surface area contributed by atoms with Crippen molar-refractivity contribution in [1.82, 2.24) is 9.55 Å². The smallest absolute Gasteiger partial charge is 0.231 e. The minimum absolute atomic E-state index is 0.0785. The van der Waals surface area contributed by atoms with E-state index < -0.39 is 0 Å². The Morgan fingerprint density at radius 1 is 1.04 bits per heavy atom. The van der Waals surface area contributed by atoms with Crippen molar-refractivity contribution in [2.24, 2.45) is 0 Å². The molecule has 0 saturated heterocycles. The van der Waals surface area contributed by atoms with Gasteiger partial charge in [0.15, 0.2) is 16.7 Å². The summed E-state index contributed by atoms with van der Waals surface area (Å²) in [4.78, 5) is 4.46. The number of aliphatic hydroxyl groups excluding tert-OH is 1. The number of imidazole rings is 1. The molecular formula is C19H16Cl2N2O3S. The first kappa shape index (κ1) is 18.5. The van der Waals surface area contributed by atoms with Gasteiger partial charge >= 0.3 is 0 Å². The number of hydrogen-bond acceptors (Lipinski definition) is 5. The summed E-state index contributed by atoms with van der Waals surface area (Å²) in [5, 5.41) is 11.6. The van der Waals surface area contributed by atoms with E-state index in [1.54, 1.807) is 24.0 Å². The Kier molecular flexibility index (Phi) is 5.50. The topological polar surface area (TPSA) is 56.5 Å². The van der Waals surface area contributed by atoms with Crippen LogP contribution >= 0.6 is 35.0 Å². The maximum atomic E-state index is 9.67. The zero-order valence-electron chi connectivity index (χ0n) is 14.2. The molecule has 0 saturated carbocycles. The molecule has 8 heteroatoms. The van der Waals surface area contributed by atoms with Gasteiger partial charge < -0.3 is 19.1 Å². The third kappa shape index (κ3) is 4.04. The van der Waals surface area contributed by atoms with E-state index >= 15 is 0 Å². The Balaban J connectivity index is 1.53. The highest BCUT2D eigenvalue weighted by Gasteiger charge is 2.16. The Morgan fingerprint density at radius 3 is 2.67 bits per heavy atom. The maximum absolute atomic E-state index is 9.67. The van der Waals surface area contributed by atoms with Gasteiger partial charge in [-0.3, -0.25) is 0 Å². The summed E-state index contributed by atoms with van der Waals surface area (Å²) in [5.41, 5.74) is 2.85. The molecule has 27 heavy (non-hydrogen) atoms. The Morgan fingerprint density at radius 2 is 1.85 bits per heavy atom. The van der Waals surface area contributed by atoms with Crippen LogP contribution in [0.15, 0.2) is 47.8 Å². The second-order valence-corrected chi connectivity index (χ2v) is 7.76. The van der Waals surface area contributed by atoms with E-state index in [1.165, 1.54) is 0 Å². The Hall–Kier alpha value is -1.86. The molecule has 1 aliphatic heterocycles. The standard InChI is InChI=1S/C19H16Cl2N2O3S/c20-15-3-1-13(5-16(15)21)10-27-19-22-7-14(9-24)23(19)8-12-2-4-17-18(6-12)26-11-25-17/h1-7,24H,8-11H2. The number of aromatic nitrogens is 2. The quantitative estimate of drug-likeness (QED) is 0.580. The Labute approximate surface area is 170 Å². The molecule has 1 N–H and O–H groups in total. The molecule has 0 bridgehead atoms. The number of hydrogen-bond donors (Lipinski definition) is 1. The van der Waals surface area contributed by atoms with Crippen LogP contribution in [0.3, 0.4) is 0 Å². The van der Waals surface area contributed by atoms with Crippen molar-refractivity contribution in [2.45, 2.75) is 24.1 Å². The lowest BCUT2D eigenvalue weighted by atomic mass is 10.2. The lowest BCUT2D eigenvalue weighted by Gasteiger charge is -2.11. The fraction of sp³-hybridized carbons (Fsp3) is 0.211. The van der Waals surface area contributed by atoms with Crippen LogP contribution in [0, 0.1) is 0 Å². The van der Waals surface area contributed by atoms with Crippen LogP contribution in [-0.2, 0) is 18.9 Å². The van der Waals surface area contributed by atoms with Gasteiger partial charge in [0.25, 0.3) is 0 Å². The highest BCUT2D eigenvalue weighted by Crippen LogP contribution is 2.33. The van der Waals surface area contributed by atoms with Crippen molar-refractivity contribution in [3.05, 3.63) is 69.5 Å². The molecule has 0 amide bonds. The summed E-state index contributed by atoms with van der Waals surface area (Å²) in [6, 6.07) is 11.4. The van der Waals surface area contributed by atoms with E-state index in [0.29, 0.717) is 22.3 Å². The van der Waals surface area contributed by atoms with Crippen LogP contribution in [0.2, 0.25) is 10.0 Å². The number of aliphatic hydroxyl groups is 1. The van der Waals surface area contributed by atoms with Gasteiger partial charge in [0.2, 0.25) is 6.79 Å². The predicted molar refractivity (Wildman–Crippen MR) is 106 cm³/mol. The molecule has 2 heterocycles. The number of ether oxygens (including phenoxy) is 2. The number of nitrogens with zero attached hydrogens (tertiary/aromatic N) is 2. The van der Waals surface area contributed by atoms with Crippen molar-refractivity contribution in [3.8, 4) is 11.5 Å². The van der Waals surface area contributed by atoms with E-state index in [0.717, 1.165) is 33.5 Å². The molecule has 1 aromatic heterocycles. The fourth-order valence-corrected chi connectivity index (χ4v) is 4.06. The van der Waals surface area contributed by atoms with Crippen molar-refractivity contribution in [3.63, 3.8) is 0 Å². The molecule has 0 spiro atoms. The number of fused-ring (bicyclic) bond motifs is 1. The van der Waals surface area contributed by atoms with Crippen LogP contribution < -0.4 is 9.47 Å². The molecule has 1 aliphatic rings. The first-order valence-electron chi connectivity index (χ1n) is 8.24. The van der Waals surface area contributed by atoms with Crippen molar-refractivity contribution in [2.75, 3.05) is 6.79 Å². The van der Waals surface area contributed by atoms with Crippen molar-refractivity contribution >= 4 is 35.0 Å². The van der Waals surface area contributed by atoms with Crippen molar-refractivity contribution < 1.29 is 14.6 Å². The van der Waals surface area contributed by atoms with Gasteiger partial charge in [-0.2, -0.15) is 0 Å².